The summed E-state index contributed by atoms with van der Waals surface area (Å²) in [5.41, 5.74) is 1.08. The van der Waals surface area contributed by atoms with Crippen molar-refractivity contribution in [1.29, 1.82) is 0 Å². The fourth-order valence-electron chi connectivity index (χ4n) is 4.69. The van der Waals surface area contributed by atoms with Crippen LogP contribution >= 0.6 is 0 Å². The number of nitrogens with zero attached hydrogens (tertiary/aromatic N) is 8. The van der Waals surface area contributed by atoms with Crippen molar-refractivity contribution >= 4 is 11.8 Å². The standard InChI is InChI=1S/C25H20F5N9/c1-13-10-31-24(33-19-7-8-32-37(19)2)34-20(13)14-9-17-22-35-36-23(25(29,30)15-5-3-4-6-16(15)26)39(22)18(21(27)28)12-38(17)11-14/h3-11,18,21H,12H2,1-2H3,(H,31,33,34)/t18-/m1/s1. The van der Waals surface area contributed by atoms with Crippen molar-refractivity contribution in [2.75, 3.05) is 5.32 Å². The summed E-state index contributed by atoms with van der Waals surface area (Å²) in [5.74, 6) is -5.48. The van der Waals surface area contributed by atoms with Crippen LogP contribution in [0.2, 0.25) is 0 Å². The minimum Gasteiger partial charge on any atom is -0.342 e. The molecule has 4 aromatic heterocycles. The predicted octanol–water partition coefficient (Wildman–Crippen LogP) is 5.09. The zero-order valence-corrected chi connectivity index (χ0v) is 20.5. The van der Waals surface area contributed by atoms with E-state index in [0.717, 1.165) is 16.7 Å². The Labute approximate surface area is 218 Å². The van der Waals surface area contributed by atoms with Crippen LogP contribution in [-0.2, 0) is 19.5 Å². The van der Waals surface area contributed by atoms with Crippen LogP contribution in [0.3, 0.4) is 0 Å². The normalized spacial score (nSPS) is 14.9. The third-order valence-corrected chi connectivity index (χ3v) is 6.63. The van der Waals surface area contributed by atoms with E-state index < -0.39 is 35.6 Å². The first-order chi connectivity index (χ1) is 18.6. The van der Waals surface area contributed by atoms with Crippen LogP contribution in [0.15, 0.2) is 55.0 Å². The lowest BCUT2D eigenvalue weighted by atomic mass is 10.1. The number of aromatic nitrogens is 8. The first kappa shape index (κ1) is 24.7. The molecular formula is C25H20F5N9. The number of benzene rings is 1. The summed E-state index contributed by atoms with van der Waals surface area (Å²) in [5, 5.41) is 14.6. The summed E-state index contributed by atoms with van der Waals surface area (Å²) < 4.78 is 77.6. The van der Waals surface area contributed by atoms with Crippen LogP contribution in [-0.4, -0.2) is 45.5 Å². The number of hydrogen-bond acceptors (Lipinski definition) is 6. The molecule has 0 aliphatic carbocycles. The largest absolute Gasteiger partial charge is 0.342 e. The predicted molar refractivity (Wildman–Crippen MR) is 130 cm³/mol. The van der Waals surface area contributed by atoms with Gasteiger partial charge in [0.1, 0.15) is 17.7 Å². The Morgan fingerprint density at radius 2 is 1.92 bits per heavy atom. The molecule has 5 heterocycles. The van der Waals surface area contributed by atoms with Gasteiger partial charge in [-0.25, -0.2) is 23.1 Å². The van der Waals surface area contributed by atoms with Crippen molar-refractivity contribution in [3.8, 4) is 22.8 Å². The molecular weight excluding hydrogens is 521 g/mol. The third kappa shape index (κ3) is 4.02. The lowest BCUT2D eigenvalue weighted by Gasteiger charge is -2.29. The van der Waals surface area contributed by atoms with E-state index in [1.807, 2.05) is 0 Å². The second kappa shape index (κ2) is 8.99. The summed E-state index contributed by atoms with van der Waals surface area (Å²) in [4.78, 5) is 8.87. The summed E-state index contributed by atoms with van der Waals surface area (Å²) in [7, 11) is 1.75. The second-order valence-corrected chi connectivity index (χ2v) is 9.13. The summed E-state index contributed by atoms with van der Waals surface area (Å²) in [6, 6.07) is 5.93. The molecule has 0 saturated heterocycles. The average Bonchev–Trinajstić information content (AvgIpc) is 3.63. The molecule has 0 saturated carbocycles. The van der Waals surface area contributed by atoms with E-state index in [2.05, 4.69) is 30.6 Å². The second-order valence-electron chi connectivity index (χ2n) is 9.13. The summed E-state index contributed by atoms with van der Waals surface area (Å²) >= 11 is 0. The highest BCUT2D eigenvalue weighted by Gasteiger charge is 2.46. The van der Waals surface area contributed by atoms with Crippen LogP contribution in [0.25, 0.3) is 22.8 Å². The maximum absolute atomic E-state index is 15.5. The zero-order chi connectivity index (χ0) is 27.5. The number of halogens is 5. The van der Waals surface area contributed by atoms with Gasteiger partial charge in [-0.05, 0) is 30.7 Å². The van der Waals surface area contributed by atoms with Gasteiger partial charge in [-0.2, -0.15) is 13.9 Å². The minimum absolute atomic E-state index is 0.177. The van der Waals surface area contributed by atoms with Crippen molar-refractivity contribution in [2.45, 2.75) is 31.9 Å². The fourth-order valence-corrected chi connectivity index (χ4v) is 4.69. The van der Waals surface area contributed by atoms with Gasteiger partial charge in [0, 0.05) is 37.6 Å². The number of rotatable bonds is 6. The average molecular weight is 541 g/mol. The molecule has 5 aromatic rings. The van der Waals surface area contributed by atoms with Crippen molar-refractivity contribution in [2.24, 2.45) is 7.05 Å². The first-order valence-electron chi connectivity index (χ1n) is 11.8. The number of alkyl halides is 4. The fraction of sp³-hybridized carbons (Fsp3) is 0.240. The molecule has 1 aliphatic rings. The summed E-state index contributed by atoms with van der Waals surface area (Å²) in [6.07, 6.45) is 1.80. The molecule has 1 N–H and O–H groups in total. The van der Waals surface area contributed by atoms with Crippen molar-refractivity contribution < 1.29 is 22.0 Å². The van der Waals surface area contributed by atoms with Gasteiger partial charge in [0.15, 0.2) is 5.82 Å². The van der Waals surface area contributed by atoms with Gasteiger partial charge in [0.05, 0.1) is 23.1 Å². The number of nitrogens with one attached hydrogen (secondary N) is 1. The Morgan fingerprint density at radius 1 is 1.13 bits per heavy atom. The molecule has 1 atom stereocenters. The molecule has 0 unspecified atom stereocenters. The van der Waals surface area contributed by atoms with E-state index in [1.165, 1.54) is 16.7 Å². The van der Waals surface area contributed by atoms with Crippen LogP contribution < -0.4 is 5.32 Å². The van der Waals surface area contributed by atoms with Crippen molar-refractivity contribution in [1.82, 2.24) is 39.1 Å². The lowest BCUT2D eigenvalue weighted by molar-refractivity contribution is 0.0117. The van der Waals surface area contributed by atoms with Gasteiger partial charge in [-0.15, -0.1) is 10.2 Å². The van der Waals surface area contributed by atoms with E-state index in [0.29, 0.717) is 28.3 Å². The Balaban J connectivity index is 1.44. The SMILES string of the molecule is Cc1cnc(Nc2ccnn2C)nc1-c1cc2n(c1)C[C@H](C(F)F)n1c-2nnc1C(F)(F)c1ccccc1F. The molecule has 0 fully saturated rings. The van der Waals surface area contributed by atoms with Crippen LogP contribution in [0, 0.1) is 12.7 Å². The quantitative estimate of drug-likeness (QED) is 0.301. The van der Waals surface area contributed by atoms with E-state index in [9.17, 15) is 13.2 Å². The van der Waals surface area contributed by atoms with E-state index in [4.69, 9.17) is 0 Å². The molecule has 39 heavy (non-hydrogen) atoms. The van der Waals surface area contributed by atoms with Gasteiger partial charge < -0.3 is 9.88 Å². The monoisotopic (exact) mass is 541 g/mol. The van der Waals surface area contributed by atoms with Crippen molar-refractivity contribution in [3.63, 3.8) is 0 Å². The Bertz CT molecular complexity index is 1690. The van der Waals surface area contributed by atoms with Gasteiger partial charge in [0.25, 0.3) is 6.43 Å². The van der Waals surface area contributed by atoms with E-state index in [1.54, 1.807) is 49.4 Å². The number of fused-ring (bicyclic) bond motifs is 3. The lowest BCUT2D eigenvalue weighted by Crippen LogP contribution is -2.33. The maximum Gasteiger partial charge on any atom is 0.334 e. The highest BCUT2D eigenvalue weighted by molar-refractivity contribution is 5.71. The molecule has 0 bridgehead atoms. The van der Waals surface area contributed by atoms with Crippen LogP contribution in [0.1, 0.15) is 23.0 Å². The summed E-state index contributed by atoms with van der Waals surface area (Å²) in [6.45, 7) is 1.46. The molecule has 9 nitrogen and oxygen atoms in total. The Morgan fingerprint density at radius 3 is 2.64 bits per heavy atom. The van der Waals surface area contributed by atoms with Gasteiger partial charge in [-0.3, -0.25) is 9.25 Å². The molecule has 1 aromatic carbocycles. The third-order valence-electron chi connectivity index (χ3n) is 6.63. The van der Waals surface area contributed by atoms with Crippen LogP contribution in [0.5, 0.6) is 0 Å². The number of anilines is 2. The molecule has 1 aliphatic heterocycles. The minimum atomic E-state index is -4.00. The van der Waals surface area contributed by atoms with Crippen LogP contribution in [0.4, 0.5) is 33.7 Å². The molecule has 0 spiro atoms. The van der Waals surface area contributed by atoms with Gasteiger partial charge in [-0.1, -0.05) is 12.1 Å². The van der Waals surface area contributed by atoms with Crippen molar-refractivity contribution in [3.05, 3.63) is 77.8 Å². The highest BCUT2D eigenvalue weighted by Crippen LogP contribution is 2.43. The zero-order valence-electron chi connectivity index (χ0n) is 20.5. The molecule has 200 valence electrons. The first-order valence-corrected chi connectivity index (χ1v) is 11.8. The van der Waals surface area contributed by atoms with Gasteiger partial charge in [0.2, 0.25) is 11.8 Å². The molecule has 14 heteroatoms. The number of aryl methyl sites for hydroxylation is 2. The maximum atomic E-state index is 15.5. The molecule has 6 rings (SSSR count). The van der Waals surface area contributed by atoms with E-state index in [-0.39, 0.29) is 18.3 Å². The molecule has 0 radical (unpaired) electrons. The smallest absolute Gasteiger partial charge is 0.334 e. The Kier molecular flexibility index (Phi) is 5.70. The van der Waals surface area contributed by atoms with Gasteiger partial charge >= 0.3 is 5.92 Å². The van der Waals surface area contributed by atoms with E-state index >= 15 is 8.78 Å². The Hall–Kier alpha value is -4.62. The topological polar surface area (TPSA) is 91.3 Å². The molecule has 0 amide bonds. The highest BCUT2D eigenvalue weighted by atomic mass is 19.3. The number of hydrogen-bond donors (Lipinski definition) is 1.